The van der Waals surface area contributed by atoms with Crippen molar-refractivity contribution in [2.45, 2.75) is 6.92 Å². The molecule has 2 heterocycles. The molecule has 3 aromatic rings. The maximum absolute atomic E-state index is 5.46. The highest BCUT2D eigenvalue weighted by atomic mass is 16.5. The highest BCUT2D eigenvalue weighted by molar-refractivity contribution is 6.01. The molecule has 0 saturated carbocycles. The molecule has 0 radical (unpaired) electrons. The molecule has 0 fully saturated rings. The van der Waals surface area contributed by atoms with Crippen molar-refractivity contribution in [1.82, 2.24) is 9.97 Å². The zero-order valence-corrected chi connectivity index (χ0v) is 10.4. The van der Waals surface area contributed by atoms with E-state index in [4.69, 9.17) is 4.74 Å². The number of nitrogens with zero attached hydrogens (tertiary/aromatic N) is 1. The van der Waals surface area contributed by atoms with Crippen LogP contribution < -0.4 is 4.74 Å². The number of aromatic nitrogens is 2. The summed E-state index contributed by atoms with van der Waals surface area (Å²) in [5.41, 5.74) is 4.48. The fourth-order valence-electron chi connectivity index (χ4n) is 2.39. The van der Waals surface area contributed by atoms with E-state index in [9.17, 15) is 0 Å². The van der Waals surface area contributed by atoms with Gasteiger partial charge in [-0.05, 0) is 25.1 Å². The largest absolute Gasteiger partial charge is 0.496 e. The lowest BCUT2D eigenvalue weighted by Crippen LogP contribution is -1.85. The van der Waals surface area contributed by atoms with Crippen molar-refractivity contribution in [3.63, 3.8) is 0 Å². The molecule has 18 heavy (non-hydrogen) atoms. The summed E-state index contributed by atoms with van der Waals surface area (Å²) in [6.07, 6.45) is 3.66. The number of nitrogens with one attached hydrogen (secondary N) is 1. The van der Waals surface area contributed by atoms with Crippen LogP contribution in [0, 0.1) is 6.92 Å². The third-order valence-electron chi connectivity index (χ3n) is 3.14. The fourth-order valence-corrected chi connectivity index (χ4v) is 2.39. The molecule has 0 aliphatic rings. The van der Waals surface area contributed by atoms with Gasteiger partial charge in [0.25, 0.3) is 0 Å². The van der Waals surface area contributed by atoms with Crippen molar-refractivity contribution < 1.29 is 4.74 Å². The minimum atomic E-state index is 0.885. The van der Waals surface area contributed by atoms with Crippen molar-refractivity contribution in [3.8, 4) is 16.9 Å². The lowest BCUT2D eigenvalue weighted by atomic mass is 10.0. The molecule has 1 aromatic carbocycles. The molecular weight excluding hydrogens is 224 g/mol. The number of methoxy groups -OCH3 is 1. The van der Waals surface area contributed by atoms with Crippen molar-refractivity contribution in [1.29, 1.82) is 0 Å². The second kappa shape index (κ2) is 4.18. The zero-order valence-electron chi connectivity index (χ0n) is 10.4. The predicted octanol–water partition coefficient (Wildman–Crippen LogP) is 3.55. The van der Waals surface area contributed by atoms with Crippen LogP contribution >= 0.6 is 0 Å². The van der Waals surface area contributed by atoms with E-state index >= 15 is 0 Å². The molecule has 1 N–H and O–H groups in total. The molecule has 0 amide bonds. The Kier molecular flexibility index (Phi) is 2.52. The fraction of sp³-hybridized carbons (Fsp3) is 0.133. The number of ether oxygens (including phenoxy) is 1. The molecule has 0 spiro atoms. The van der Waals surface area contributed by atoms with Gasteiger partial charge in [-0.15, -0.1) is 0 Å². The van der Waals surface area contributed by atoms with Gasteiger partial charge in [0, 0.05) is 40.1 Å². The second-order valence-corrected chi connectivity index (χ2v) is 4.25. The average molecular weight is 238 g/mol. The summed E-state index contributed by atoms with van der Waals surface area (Å²) >= 11 is 0. The Morgan fingerprint density at radius 1 is 1.17 bits per heavy atom. The van der Waals surface area contributed by atoms with Crippen LogP contribution in [-0.4, -0.2) is 17.1 Å². The molecule has 0 aliphatic heterocycles. The van der Waals surface area contributed by atoms with Gasteiger partial charge in [0.05, 0.1) is 7.11 Å². The first kappa shape index (κ1) is 10.8. The summed E-state index contributed by atoms with van der Waals surface area (Å²) in [5, 5.41) is 1.12. The van der Waals surface area contributed by atoms with E-state index in [0.717, 1.165) is 33.5 Å². The SMILES string of the molecule is COc1cccc2[nH]c(C)c(-c3cccnc3)c12. The topological polar surface area (TPSA) is 37.9 Å². The van der Waals surface area contributed by atoms with Crippen LogP contribution in [0.3, 0.4) is 0 Å². The molecule has 3 rings (SSSR count). The molecule has 0 saturated heterocycles. The summed E-state index contributed by atoms with van der Waals surface area (Å²) in [6, 6.07) is 10.0. The van der Waals surface area contributed by atoms with Gasteiger partial charge in [0.15, 0.2) is 0 Å². The molecule has 0 aliphatic carbocycles. The van der Waals surface area contributed by atoms with Crippen LogP contribution in [-0.2, 0) is 0 Å². The van der Waals surface area contributed by atoms with Crippen molar-refractivity contribution in [2.75, 3.05) is 7.11 Å². The zero-order chi connectivity index (χ0) is 12.5. The molecule has 3 nitrogen and oxygen atoms in total. The highest BCUT2D eigenvalue weighted by Gasteiger charge is 2.14. The monoisotopic (exact) mass is 238 g/mol. The van der Waals surface area contributed by atoms with Crippen molar-refractivity contribution in [3.05, 3.63) is 48.4 Å². The van der Waals surface area contributed by atoms with Gasteiger partial charge in [-0.25, -0.2) is 0 Å². The molecule has 0 unspecified atom stereocenters. The summed E-state index contributed by atoms with van der Waals surface area (Å²) in [6.45, 7) is 2.07. The number of rotatable bonds is 2. The Bertz CT molecular complexity index is 686. The molecule has 90 valence electrons. The Morgan fingerprint density at radius 3 is 2.78 bits per heavy atom. The smallest absolute Gasteiger partial charge is 0.128 e. The number of H-pyrrole nitrogens is 1. The summed E-state index contributed by atoms with van der Waals surface area (Å²) in [4.78, 5) is 7.58. The molecule has 2 aromatic heterocycles. The number of benzene rings is 1. The lowest BCUT2D eigenvalue weighted by molar-refractivity contribution is 0.420. The van der Waals surface area contributed by atoms with Gasteiger partial charge in [-0.3, -0.25) is 4.98 Å². The van der Waals surface area contributed by atoms with E-state index in [-0.39, 0.29) is 0 Å². The minimum Gasteiger partial charge on any atom is -0.496 e. The Morgan fingerprint density at radius 2 is 2.06 bits per heavy atom. The van der Waals surface area contributed by atoms with Crippen LogP contribution in [0.1, 0.15) is 5.69 Å². The third kappa shape index (κ3) is 1.56. The standard InChI is InChI=1S/C15H14N2O/c1-10-14(11-5-4-8-16-9-11)15-12(17-10)6-3-7-13(15)18-2/h3-9,17H,1-2H3. The number of fused-ring (bicyclic) bond motifs is 1. The second-order valence-electron chi connectivity index (χ2n) is 4.25. The number of aryl methyl sites for hydroxylation is 1. The number of hydrogen-bond donors (Lipinski definition) is 1. The minimum absolute atomic E-state index is 0.885. The first-order valence-electron chi connectivity index (χ1n) is 5.87. The average Bonchev–Trinajstić information content (AvgIpc) is 2.75. The Labute approximate surface area is 105 Å². The first-order chi connectivity index (χ1) is 8.81. The highest BCUT2D eigenvalue weighted by Crippen LogP contribution is 2.37. The summed E-state index contributed by atoms with van der Waals surface area (Å²) in [5.74, 6) is 0.885. The van der Waals surface area contributed by atoms with E-state index in [2.05, 4.69) is 29.0 Å². The van der Waals surface area contributed by atoms with Crippen LogP contribution in [0.15, 0.2) is 42.7 Å². The van der Waals surface area contributed by atoms with Gasteiger partial charge < -0.3 is 9.72 Å². The predicted molar refractivity (Wildman–Crippen MR) is 72.8 cm³/mol. The normalized spacial score (nSPS) is 10.8. The van der Waals surface area contributed by atoms with Crippen LogP contribution in [0.5, 0.6) is 5.75 Å². The summed E-state index contributed by atoms with van der Waals surface area (Å²) in [7, 11) is 1.70. The summed E-state index contributed by atoms with van der Waals surface area (Å²) < 4.78 is 5.46. The van der Waals surface area contributed by atoms with E-state index < -0.39 is 0 Å². The van der Waals surface area contributed by atoms with Crippen molar-refractivity contribution in [2.24, 2.45) is 0 Å². The molecular formula is C15H14N2O. The molecule has 3 heteroatoms. The van der Waals surface area contributed by atoms with Gasteiger partial charge in [0.2, 0.25) is 0 Å². The first-order valence-corrected chi connectivity index (χ1v) is 5.87. The number of pyridine rings is 1. The van der Waals surface area contributed by atoms with E-state index in [1.807, 2.05) is 24.4 Å². The van der Waals surface area contributed by atoms with E-state index in [0.29, 0.717) is 0 Å². The van der Waals surface area contributed by atoms with Gasteiger partial charge in [-0.2, -0.15) is 0 Å². The molecule has 0 bridgehead atoms. The maximum Gasteiger partial charge on any atom is 0.128 e. The number of aromatic amines is 1. The molecule has 0 atom stereocenters. The lowest BCUT2D eigenvalue weighted by Gasteiger charge is -2.05. The Balaban J connectivity index is 2.38. The third-order valence-corrected chi connectivity index (χ3v) is 3.14. The van der Waals surface area contributed by atoms with Crippen LogP contribution in [0.4, 0.5) is 0 Å². The Hall–Kier alpha value is -2.29. The maximum atomic E-state index is 5.46. The van der Waals surface area contributed by atoms with Crippen molar-refractivity contribution >= 4 is 10.9 Å². The quantitative estimate of drug-likeness (QED) is 0.741. The number of hydrogen-bond acceptors (Lipinski definition) is 2. The van der Waals surface area contributed by atoms with Gasteiger partial charge >= 0.3 is 0 Å². The van der Waals surface area contributed by atoms with E-state index in [1.165, 1.54) is 0 Å². The van der Waals surface area contributed by atoms with E-state index in [1.54, 1.807) is 13.3 Å². The van der Waals surface area contributed by atoms with Crippen LogP contribution in [0.25, 0.3) is 22.0 Å². The van der Waals surface area contributed by atoms with Gasteiger partial charge in [0.1, 0.15) is 5.75 Å². The van der Waals surface area contributed by atoms with Gasteiger partial charge in [-0.1, -0.05) is 12.1 Å². The van der Waals surface area contributed by atoms with Crippen LogP contribution in [0.2, 0.25) is 0 Å².